The number of amides is 2. The van der Waals surface area contributed by atoms with Crippen molar-refractivity contribution in [3.05, 3.63) is 48.9 Å². The van der Waals surface area contributed by atoms with Gasteiger partial charge < -0.3 is 9.88 Å². The molecule has 1 aliphatic heterocycles. The summed E-state index contributed by atoms with van der Waals surface area (Å²) in [7, 11) is 0. The Kier molecular flexibility index (Phi) is 3.92. The van der Waals surface area contributed by atoms with Gasteiger partial charge >= 0.3 is 6.03 Å². The summed E-state index contributed by atoms with van der Waals surface area (Å²) in [6, 6.07) is 3.54. The summed E-state index contributed by atoms with van der Waals surface area (Å²) in [5.74, 6) is 1.81. The van der Waals surface area contributed by atoms with Gasteiger partial charge in [0.1, 0.15) is 5.82 Å². The Morgan fingerprint density at radius 2 is 2.04 bits per heavy atom. The Labute approximate surface area is 160 Å². The molecule has 0 bridgehead atoms. The molecule has 9 heteroatoms. The van der Waals surface area contributed by atoms with Gasteiger partial charge in [-0.15, -0.1) is 0 Å². The van der Waals surface area contributed by atoms with E-state index in [1.54, 1.807) is 18.5 Å². The molecule has 4 aromatic rings. The van der Waals surface area contributed by atoms with E-state index in [1.165, 1.54) is 0 Å². The van der Waals surface area contributed by atoms with E-state index < -0.39 is 0 Å². The van der Waals surface area contributed by atoms with Crippen molar-refractivity contribution in [2.45, 2.75) is 19.3 Å². The number of fused-ring (bicyclic) bond motifs is 3. The molecule has 2 atom stereocenters. The van der Waals surface area contributed by atoms with Gasteiger partial charge in [-0.3, -0.25) is 9.72 Å². The smallest absolute Gasteiger partial charge is 0.324 e. The first-order valence-electron chi connectivity index (χ1n) is 9.33. The number of likely N-dealkylation sites (tertiary alicyclic amines) is 1. The number of carbonyl (C=O) groups is 1. The van der Waals surface area contributed by atoms with Gasteiger partial charge in [0.15, 0.2) is 5.65 Å². The van der Waals surface area contributed by atoms with E-state index in [1.807, 2.05) is 29.6 Å². The maximum atomic E-state index is 12.7. The van der Waals surface area contributed by atoms with Crippen molar-refractivity contribution >= 4 is 28.7 Å². The third kappa shape index (κ3) is 2.75. The molecular formula is C19H20N8O. The van der Waals surface area contributed by atoms with Crippen LogP contribution in [-0.2, 0) is 0 Å². The maximum Gasteiger partial charge on any atom is 0.324 e. The zero-order valence-corrected chi connectivity index (χ0v) is 15.4. The van der Waals surface area contributed by atoms with Crippen molar-refractivity contribution in [1.29, 1.82) is 0 Å². The first kappa shape index (κ1) is 16.7. The van der Waals surface area contributed by atoms with E-state index in [0.717, 1.165) is 28.9 Å². The second-order valence-corrected chi connectivity index (χ2v) is 7.17. The topological polar surface area (TPSA) is 104 Å². The standard InChI is InChI=1S/C19H20N8O/c1-12-4-8-26(19(28)25-18-21-5-2-6-22-18)11-14(12)17-24-10-13-9-23-16-15(27(13)17)3-7-20-16/h2-3,5-7,9-10,12,14,20H,4,8,11H2,1H3,(H,21,22,25,28)/t12-,14+/m1/s1. The van der Waals surface area contributed by atoms with Crippen LogP contribution < -0.4 is 5.32 Å². The average molecular weight is 376 g/mol. The Bertz CT molecular complexity index is 1130. The number of rotatable bonds is 2. The summed E-state index contributed by atoms with van der Waals surface area (Å²) in [4.78, 5) is 35.0. The number of aromatic nitrogens is 6. The molecule has 0 radical (unpaired) electrons. The van der Waals surface area contributed by atoms with Gasteiger partial charge in [-0.25, -0.2) is 24.7 Å². The fraction of sp³-hybridized carbons (Fsp3) is 0.316. The number of piperidine rings is 1. The molecule has 0 spiro atoms. The number of aromatic amines is 1. The third-order valence-corrected chi connectivity index (χ3v) is 5.45. The van der Waals surface area contributed by atoms with Crippen molar-refractivity contribution < 1.29 is 4.79 Å². The average Bonchev–Trinajstić information content (AvgIpc) is 3.35. The Balaban J connectivity index is 1.45. The van der Waals surface area contributed by atoms with Crippen molar-refractivity contribution in [3.8, 4) is 0 Å². The van der Waals surface area contributed by atoms with Crippen LogP contribution in [0.5, 0.6) is 0 Å². The van der Waals surface area contributed by atoms with Crippen LogP contribution in [0, 0.1) is 5.92 Å². The first-order valence-corrected chi connectivity index (χ1v) is 9.33. The summed E-state index contributed by atoms with van der Waals surface area (Å²) in [6.07, 6.45) is 9.67. The van der Waals surface area contributed by atoms with E-state index in [4.69, 9.17) is 4.98 Å². The minimum Gasteiger partial charge on any atom is -0.345 e. The van der Waals surface area contributed by atoms with Gasteiger partial charge in [0, 0.05) is 37.6 Å². The molecule has 5 rings (SSSR count). The predicted molar refractivity (Wildman–Crippen MR) is 104 cm³/mol. The quantitative estimate of drug-likeness (QED) is 0.560. The Morgan fingerprint density at radius 3 is 2.89 bits per heavy atom. The Morgan fingerprint density at radius 1 is 1.21 bits per heavy atom. The lowest BCUT2D eigenvalue weighted by atomic mass is 9.86. The number of hydrogen-bond donors (Lipinski definition) is 2. The molecule has 1 fully saturated rings. The number of H-pyrrole nitrogens is 1. The summed E-state index contributed by atoms with van der Waals surface area (Å²) in [5.41, 5.74) is 2.77. The summed E-state index contributed by atoms with van der Waals surface area (Å²) in [6.45, 7) is 3.50. The highest BCUT2D eigenvalue weighted by Crippen LogP contribution is 2.33. The van der Waals surface area contributed by atoms with Gasteiger partial charge in [-0.2, -0.15) is 0 Å². The van der Waals surface area contributed by atoms with Gasteiger partial charge in [0.2, 0.25) is 5.95 Å². The van der Waals surface area contributed by atoms with Crippen molar-refractivity contribution in [2.24, 2.45) is 5.92 Å². The molecule has 0 aliphatic carbocycles. The fourth-order valence-corrected chi connectivity index (χ4v) is 3.89. The molecule has 9 nitrogen and oxygen atoms in total. The summed E-state index contributed by atoms with van der Waals surface area (Å²) >= 11 is 0. The van der Waals surface area contributed by atoms with Crippen LogP contribution in [0.25, 0.3) is 16.7 Å². The molecule has 2 amide bonds. The molecule has 1 saturated heterocycles. The second-order valence-electron chi connectivity index (χ2n) is 7.17. The molecule has 4 aromatic heterocycles. The number of nitrogens with one attached hydrogen (secondary N) is 2. The molecule has 5 heterocycles. The lowest BCUT2D eigenvalue weighted by molar-refractivity contribution is 0.170. The number of carbonyl (C=O) groups excluding carboxylic acids is 1. The predicted octanol–water partition coefficient (Wildman–Crippen LogP) is 2.66. The minimum absolute atomic E-state index is 0.124. The lowest BCUT2D eigenvalue weighted by Crippen LogP contribution is -2.44. The maximum absolute atomic E-state index is 12.7. The SMILES string of the molecule is C[C@@H]1CCN(C(=O)Nc2ncccn2)C[C@@H]1c1ncc2cnc3[nH]ccc3n12. The molecule has 2 N–H and O–H groups in total. The highest BCUT2D eigenvalue weighted by Gasteiger charge is 2.33. The van der Waals surface area contributed by atoms with E-state index in [2.05, 4.69) is 36.6 Å². The first-order chi connectivity index (χ1) is 13.7. The number of imidazole rings is 1. The van der Waals surface area contributed by atoms with Crippen molar-refractivity contribution in [2.75, 3.05) is 18.4 Å². The van der Waals surface area contributed by atoms with Gasteiger partial charge in [-0.05, 0) is 24.5 Å². The van der Waals surface area contributed by atoms with E-state index in [0.29, 0.717) is 25.0 Å². The van der Waals surface area contributed by atoms with Crippen LogP contribution in [0.1, 0.15) is 25.1 Å². The molecule has 142 valence electrons. The van der Waals surface area contributed by atoms with Crippen LogP contribution in [0.3, 0.4) is 0 Å². The van der Waals surface area contributed by atoms with Crippen LogP contribution in [0.4, 0.5) is 10.7 Å². The monoisotopic (exact) mass is 376 g/mol. The second kappa shape index (κ2) is 6.59. The lowest BCUT2D eigenvalue weighted by Gasteiger charge is -2.36. The third-order valence-electron chi connectivity index (χ3n) is 5.45. The van der Waals surface area contributed by atoms with Crippen molar-refractivity contribution in [3.63, 3.8) is 0 Å². The molecule has 0 aromatic carbocycles. The highest BCUT2D eigenvalue weighted by molar-refractivity contribution is 5.87. The van der Waals surface area contributed by atoms with E-state index in [9.17, 15) is 4.79 Å². The number of urea groups is 1. The molecule has 0 unspecified atom stereocenters. The normalized spacial score (nSPS) is 20.0. The molecular weight excluding hydrogens is 356 g/mol. The molecule has 28 heavy (non-hydrogen) atoms. The zero-order valence-electron chi connectivity index (χ0n) is 15.4. The van der Waals surface area contributed by atoms with E-state index >= 15 is 0 Å². The van der Waals surface area contributed by atoms with Crippen molar-refractivity contribution in [1.82, 2.24) is 34.2 Å². The van der Waals surface area contributed by atoms with Crippen LogP contribution in [0.2, 0.25) is 0 Å². The molecule has 1 aliphatic rings. The largest absolute Gasteiger partial charge is 0.345 e. The molecule has 0 saturated carbocycles. The number of nitrogens with zero attached hydrogens (tertiary/aromatic N) is 6. The van der Waals surface area contributed by atoms with Gasteiger partial charge in [0.25, 0.3) is 0 Å². The van der Waals surface area contributed by atoms with Gasteiger partial charge in [-0.1, -0.05) is 6.92 Å². The van der Waals surface area contributed by atoms with Crippen LogP contribution in [0.15, 0.2) is 43.1 Å². The minimum atomic E-state index is -0.183. The summed E-state index contributed by atoms with van der Waals surface area (Å²) in [5, 5.41) is 2.78. The highest BCUT2D eigenvalue weighted by atomic mass is 16.2. The number of hydrogen-bond acceptors (Lipinski definition) is 5. The van der Waals surface area contributed by atoms with E-state index in [-0.39, 0.29) is 11.9 Å². The Hall–Kier alpha value is -3.49. The number of anilines is 1. The van der Waals surface area contributed by atoms with Gasteiger partial charge in [0.05, 0.1) is 23.4 Å². The van der Waals surface area contributed by atoms with Crippen LogP contribution >= 0.6 is 0 Å². The van der Waals surface area contributed by atoms with Crippen LogP contribution in [-0.4, -0.2) is 53.3 Å². The fourth-order valence-electron chi connectivity index (χ4n) is 3.89. The summed E-state index contributed by atoms with van der Waals surface area (Å²) < 4.78 is 2.14. The zero-order chi connectivity index (χ0) is 19.1.